The van der Waals surface area contributed by atoms with Crippen molar-refractivity contribution in [3.8, 4) is 0 Å². The molecule has 0 radical (unpaired) electrons. The van der Waals surface area contributed by atoms with Crippen molar-refractivity contribution in [2.24, 2.45) is 0 Å². The van der Waals surface area contributed by atoms with Gasteiger partial charge >= 0.3 is 0 Å². The van der Waals surface area contributed by atoms with Crippen molar-refractivity contribution in [2.45, 2.75) is 26.3 Å². The number of nitrogens with one attached hydrogen (secondary N) is 2. The summed E-state index contributed by atoms with van der Waals surface area (Å²) in [5.74, 6) is 0. The van der Waals surface area contributed by atoms with Crippen LogP contribution >= 0.6 is 0 Å². The van der Waals surface area contributed by atoms with Gasteiger partial charge in [-0.05, 0) is 49.4 Å². The summed E-state index contributed by atoms with van der Waals surface area (Å²) in [5, 5.41) is 4.75. The van der Waals surface area contributed by atoms with Crippen LogP contribution in [-0.4, -0.2) is 42.1 Å². The molecule has 0 amide bonds. The smallest absolute Gasteiger partial charge is 0.0456 e. The van der Waals surface area contributed by atoms with E-state index in [0.29, 0.717) is 6.04 Å². The second-order valence-electron chi connectivity index (χ2n) is 5.71. The molecular formula is C16H23N3. The molecule has 102 valence electrons. The van der Waals surface area contributed by atoms with Gasteiger partial charge < -0.3 is 10.3 Å². The topological polar surface area (TPSA) is 31.1 Å². The van der Waals surface area contributed by atoms with E-state index in [1.807, 2.05) is 0 Å². The van der Waals surface area contributed by atoms with Crippen LogP contribution in [0.4, 0.5) is 0 Å². The van der Waals surface area contributed by atoms with E-state index in [4.69, 9.17) is 0 Å². The molecule has 3 rings (SSSR count). The minimum atomic E-state index is 0.625. The fourth-order valence-corrected chi connectivity index (χ4v) is 3.05. The number of piperazine rings is 1. The standard InChI is InChI=1S/C16H23N3/c1-12-9-15-11-14(3-4-16(15)18-12)10-13(2)19-7-5-17-6-8-19/h3-4,9,11,13,17-18H,5-8,10H2,1-2H3. The minimum Gasteiger partial charge on any atom is -0.359 e. The average Bonchev–Trinajstić information content (AvgIpc) is 2.79. The molecule has 0 spiro atoms. The number of rotatable bonds is 3. The van der Waals surface area contributed by atoms with Crippen LogP contribution in [-0.2, 0) is 6.42 Å². The van der Waals surface area contributed by atoms with Crippen LogP contribution in [0.3, 0.4) is 0 Å². The molecule has 2 heterocycles. The van der Waals surface area contributed by atoms with Gasteiger partial charge in [0, 0.05) is 43.4 Å². The van der Waals surface area contributed by atoms with Gasteiger partial charge in [-0.1, -0.05) is 6.07 Å². The van der Waals surface area contributed by atoms with Crippen molar-refractivity contribution in [2.75, 3.05) is 26.2 Å². The SMILES string of the molecule is Cc1cc2cc(CC(C)N3CCNCC3)ccc2[nH]1. The lowest BCUT2D eigenvalue weighted by Crippen LogP contribution is -2.48. The summed E-state index contributed by atoms with van der Waals surface area (Å²) in [5.41, 5.74) is 3.93. The number of hydrogen-bond acceptors (Lipinski definition) is 2. The Hall–Kier alpha value is -1.32. The van der Waals surface area contributed by atoms with Gasteiger partial charge in [-0.2, -0.15) is 0 Å². The van der Waals surface area contributed by atoms with Crippen LogP contribution in [0.5, 0.6) is 0 Å². The van der Waals surface area contributed by atoms with E-state index >= 15 is 0 Å². The van der Waals surface area contributed by atoms with Gasteiger partial charge in [0.15, 0.2) is 0 Å². The molecule has 1 aromatic carbocycles. The van der Waals surface area contributed by atoms with Gasteiger partial charge in [0.2, 0.25) is 0 Å². The van der Waals surface area contributed by atoms with E-state index in [1.54, 1.807) is 0 Å². The Morgan fingerprint density at radius 3 is 2.79 bits per heavy atom. The van der Waals surface area contributed by atoms with Crippen molar-refractivity contribution >= 4 is 10.9 Å². The molecule has 1 aromatic heterocycles. The fraction of sp³-hybridized carbons (Fsp3) is 0.500. The molecule has 2 aromatic rings. The zero-order chi connectivity index (χ0) is 13.2. The van der Waals surface area contributed by atoms with E-state index in [2.05, 4.69) is 53.3 Å². The first-order valence-electron chi connectivity index (χ1n) is 7.25. The average molecular weight is 257 g/mol. The Bertz CT molecular complexity index is 552. The van der Waals surface area contributed by atoms with E-state index in [-0.39, 0.29) is 0 Å². The van der Waals surface area contributed by atoms with Crippen molar-refractivity contribution in [1.82, 2.24) is 15.2 Å². The third-order valence-electron chi connectivity index (χ3n) is 4.13. The van der Waals surface area contributed by atoms with Crippen molar-refractivity contribution in [1.29, 1.82) is 0 Å². The first kappa shape index (κ1) is 12.7. The summed E-state index contributed by atoms with van der Waals surface area (Å²) in [6, 6.07) is 9.66. The molecule has 1 saturated heterocycles. The second kappa shape index (κ2) is 5.35. The number of hydrogen-bond donors (Lipinski definition) is 2. The maximum absolute atomic E-state index is 3.41. The van der Waals surface area contributed by atoms with Crippen LogP contribution in [0.15, 0.2) is 24.3 Å². The Morgan fingerprint density at radius 2 is 2.00 bits per heavy atom. The van der Waals surface area contributed by atoms with Crippen LogP contribution in [0, 0.1) is 6.92 Å². The number of aromatic nitrogens is 1. The maximum atomic E-state index is 3.41. The van der Waals surface area contributed by atoms with E-state index in [0.717, 1.165) is 19.5 Å². The Balaban J connectivity index is 1.72. The fourth-order valence-electron chi connectivity index (χ4n) is 3.05. The molecule has 19 heavy (non-hydrogen) atoms. The zero-order valence-corrected chi connectivity index (χ0v) is 11.9. The van der Waals surface area contributed by atoms with E-state index < -0.39 is 0 Å². The first-order chi connectivity index (χ1) is 9.22. The lowest BCUT2D eigenvalue weighted by Gasteiger charge is -2.32. The lowest BCUT2D eigenvalue weighted by atomic mass is 10.0. The monoisotopic (exact) mass is 257 g/mol. The molecule has 0 bridgehead atoms. The molecule has 1 unspecified atom stereocenters. The molecular weight excluding hydrogens is 234 g/mol. The lowest BCUT2D eigenvalue weighted by molar-refractivity contribution is 0.183. The van der Waals surface area contributed by atoms with E-state index in [1.165, 1.54) is 35.2 Å². The van der Waals surface area contributed by atoms with Gasteiger partial charge in [-0.25, -0.2) is 0 Å². The van der Waals surface area contributed by atoms with Crippen molar-refractivity contribution in [3.63, 3.8) is 0 Å². The number of fused-ring (bicyclic) bond motifs is 1. The summed E-state index contributed by atoms with van der Waals surface area (Å²) in [4.78, 5) is 5.97. The predicted molar refractivity (Wildman–Crippen MR) is 80.6 cm³/mol. The number of aryl methyl sites for hydroxylation is 1. The molecule has 1 fully saturated rings. The highest BCUT2D eigenvalue weighted by Gasteiger charge is 2.16. The van der Waals surface area contributed by atoms with Gasteiger partial charge in [-0.15, -0.1) is 0 Å². The summed E-state index contributed by atoms with van der Waals surface area (Å²) in [6.45, 7) is 9.06. The third kappa shape index (κ3) is 2.82. The molecule has 1 atom stereocenters. The largest absolute Gasteiger partial charge is 0.359 e. The Morgan fingerprint density at radius 1 is 1.21 bits per heavy atom. The zero-order valence-electron chi connectivity index (χ0n) is 11.9. The molecule has 1 aliphatic heterocycles. The molecule has 1 aliphatic rings. The highest BCUT2D eigenvalue weighted by Crippen LogP contribution is 2.18. The van der Waals surface area contributed by atoms with Crippen LogP contribution < -0.4 is 5.32 Å². The summed E-state index contributed by atoms with van der Waals surface area (Å²) in [6.07, 6.45) is 1.14. The summed E-state index contributed by atoms with van der Waals surface area (Å²) < 4.78 is 0. The quantitative estimate of drug-likeness (QED) is 0.884. The molecule has 2 N–H and O–H groups in total. The van der Waals surface area contributed by atoms with Crippen molar-refractivity contribution < 1.29 is 0 Å². The highest BCUT2D eigenvalue weighted by molar-refractivity contribution is 5.81. The van der Waals surface area contributed by atoms with Gasteiger partial charge in [0.1, 0.15) is 0 Å². The minimum absolute atomic E-state index is 0.625. The predicted octanol–water partition coefficient (Wildman–Crippen LogP) is 2.31. The van der Waals surface area contributed by atoms with Crippen LogP contribution in [0.1, 0.15) is 18.2 Å². The second-order valence-corrected chi connectivity index (χ2v) is 5.71. The molecule has 3 nitrogen and oxygen atoms in total. The number of aromatic amines is 1. The molecule has 3 heteroatoms. The Kier molecular flexibility index (Phi) is 3.58. The van der Waals surface area contributed by atoms with Crippen LogP contribution in [0.25, 0.3) is 10.9 Å². The number of benzene rings is 1. The van der Waals surface area contributed by atoms with Gasteiger partial charge in [-0.3, -0.25) is 4.90 Å². The van der Waals surface area contributed by atoms with E-state index in [9.17, 15) is 0 Å². The molecule has 0 saturated carbocycles. The Labute approximate surface area is 115 Å². The van der Waals surface area contributed by atoms with Gasteiger partial charge in [0.25, 0.3) is 0 Å². The highest BCUT2D eigenvalue weighted by atomic mass is 15.2. The third-order valence-corrected chi connectivity index (χ3v) is 4.13. The summed E-state index contributed by atoms with van der Waals surface area (Å²) >= 11 is 0. The number of H-pyrrole nitrogens is 1. The maximum Gasteiger partial charge on any atom is 0.0456 e. The van der Waals surface area contributed by atoms with Gasteiger partial charge in [0.05, 0.1) is 0 Å². The van der Waals surface area contributed by atoms with Crippen LogP contribution in [0.2, 0.25) is 0 Å². The first-order valence-corrected chi connectivity index (χ1v) is 7.25. The summed E-state index contributed by atoms with van der Waals surface area (Å²) in [7, 11) is 0. The number of nitrogens with zero attached hydrogens (tertiary/aromatic N) is 1. The normalized spacial score (nSPS) is 18.8. The van der Waals surface area contributed by atoms with Crippen molar-refractivity contribution in [3.05, 3.63) is 35.5 Å². The molecule has 0 aliphatic carbocycles.